The van der Waals surface area contributed by atoms with Crippen molar-refractivity contribution < 1.29 is 4.79 Å². The normalized spacial score (nSPS) is 20.9. The van der Waals surface area contributed by atoms with Gasteiger partial charge in [0.25, 0.3) is 5.91 Å². The summed E-state index contributed by atoms with van der Waals surface area (Å²) >= 11 is 0. The van der Waals surface area contributed by atoms with Crippen LogP contribution in [0.2, 0.25) is 0 Å². The van der Waals surface area contributed by atoms with Crippen molar-refractivity contribution in [2.24, 2.45) is 0 Å². The van der Waals surface area contributed by atoms with Gasteiger partial charge in [0.05, 0.1) is 12.2 Å². The van der Waals surface area contributed by atoms with E-state index in [0.717, 1.165) is 50.3 Å². The van der Waals surface area contributed by atoms with Crippen molar-refractivity contribution in [2.75, 3.05) is 6.54 Å². The van der Waals surface area contributed by atoms with E-state index < -0.39 is 0 Å². The smallest absolute Gasteiger partial charge is 0.272 e. The van der Waals surface area contributed by atoms with Crippen molar-refractivity contribution in [1.82, 2.24) is 14.5 Å². The third kappa shape index (κ3) is 2.23. The highest BCUT2D eigenvalue weighted by Gasteiger charge is 2.32. The van der Waals surface area contributed by atoms with E-state index in [2.05, 4.69) is 33.8 Å². The Kier molecular flexibility index (Phi) is 3.45. The summed E-state index contributed by atoms with van der Waals surface area (Å²) in [6, 6.07) is 10.6. The molecular formula is C18H21N3O. The Morgan fingerprint density at radius 3 is 2.82 bits per heavy atom. The minimum Gasteiger partial charge on any atom is -0.330 e. The molecule has 1 aromatic heterocycles. The molecule has 1 saturated heterocycles. The van der Waals surface area contributed by atoms with E-state index in [9.17, 15) is 4.79 Å². The van der Waals surface area contributed by atoms with Crippen LogP contribution in [0.1, 0.15) is 53.6 Å². The molecule has 0 radical (unpaired) electrons. The van der Waals surface area contributed by atoms with E-state index in [1.54, 1.807) is 6.20 Å². The Hall–Kier alpha value is -2.10. The molecule has 1 fully saturated rings. The Morgan fingerprint density at radius 2 is 1.95 bits per heavy atom. The molecular weight excluding hydrogens is 274 g/mol. The maximum atomic E-state index is 13.0. The topological polar surface area (TPSA) is 38.1 Å². The van der Waals surface area contributed by atoms with Gasteiger partial charge in [-0.3, -0.25) is 4.79 Å². The van der Waals surface area contributed by atoms with Crippen molar-refractivity contribution in [3.8, 4) is 0 Å². The zero-order chi connectivity index (χ0) is 14.9. The molecule has 0 N–H and O–H groups in total. The van der Waals surface area contributed by atoms with Crippen molar-refractivity contribution in [1.29, 1.82) is 0 Å². The van der Waals surface area contributed by atoms with Crippen molar-refractivity contribution in [2.45, 2.75) is 44.7 Å². The Balaban J connectivity index is 1.63. The molecule has 4 rings (SSSR count). The van der Waals surface area contributed by atoms with Gasteiger partial charge in [-0.15, -0.1) is 0 Å². The van der Waals surface area contributed by atoms with Gasteiger partial charge in [-0.2, -0.15) is 0 Å². The number of amides is 1. The molecule has 1 amide bonds. The number of rotatable bonds is 2. The third-order valence-electron chi connectivity index (χ3n) is 4.89. The van der Waals surface area contributed by atoms with Gasteiger partial charge in [-0.05, 0) is 31.2 Å². The van der Waals surface area contributed by atoms with Gasteiger partial charge in [0.2, 0.25) is 0 Å². The number of aryl methyl sites for hydroxylation is 1. The van der Waals surface area contributed by atoms with E-state index in [1.165, 1.54) is 12.0 Å². The lowest BCUT2D eigenvalue weighted by Crippen LogP contribution is -2.32. The molecule has 1 atom stereocenters. The van der Waals surface area contributed by atoms with Gasteiger partial charge in [-0.25, -0.2) is 4.98 Å². The molecule has 2 aliphatic rings. The van der Waals surface area contributed by atoms with Crippen LogP contribution in [0, 0.1) is 0 Å². The molecule has 1 aromatic carbocycles. The number of imidazole rings is 1. The predicted molar refractivity (Wildman–Crippen MR) is 84.6 cm³/mol. The second-order valence-corrected chi connectivity index (χ2v) is 6.24. The maximum absolute atomic E-state index is 13.0. The highest BCUT2D eigenvalue weighted by Crippen LogP contribution is 2.33. The van der Waals surface area contributed by atoms with Gasteiger partial charge in [0, 0.05) is 19.5 Å². The lowest BCUT2D eigenvalue weighted by Gasteiger charge is -2.26. The first kappa shape index (κ1) is 13.6. The zero-order valence-electron chi connectivity index (χ0n) is 12.7. The van der Waals surface area contributed by atoms with Crippen LogP contribution in [0.3, 0.4) is 0 Å². The number of benzene rings is 1. The fourth-order valence-corrected chi connectivity index (χ4v) is 3.77. The number of carbonyl (C=O) groups is 1. The zero-order valence-corrected chi connectivity index (χ0v) is 12.7. The van der Waals surface area contributed by atoms with Gasteiger partial charge in [0.15, 0.2) is 0 Å². The highest BCUT2D eigenvalue weighted by molar-refractivity contribution is 5.93. The number of carbonyl (C=O) groups excluding carboxylic acids is 1. The van der Waals surface area contributed by atoms with Gasteiger partial charge < -0.3 is 9.47 Å². The van der Waals surface area contributed by atoms with E-state index in [1.807, 2.05) is 11.0 Å². The molecule has 3 heterocycles. The molecule has 114 valence electrons. The van der Waals surface area contributed by atoms with E-state index in [-0.39, 0.29) is 11.9 Å². The molecule has 4 heteroatoms. The van der Waals surface area contributed by atoms with Crippen LogP contribution in [0.4, 0.5) is 0 Å². The predicted octanol–water partition coefficient (Wildman–Crippen LogP) is 3.20. The first-order valence-corrected chi connectivity index (χ1v) is 8.25. The standard InChI is InChI=1S/C18H21N3O/c22-18(16-13-19-17-10-4-5-11-20(16)17)21-12-6-9-15(21)14-7-2-1-3-8-14/h1-3,7-8,13,15H,4-6,9-12H2. The average Bonchev–Trinajstić information content (AvgIpc) is 3.22. The van der Waals surface area contributed by atoms with Gasteiger partial charge in [0.1, 0.15) is 11.5 Å². The van der Waals surface area contributed by atoms with E-state index >= 15 is 0 Å². The average molecular weight is 295 g/mol. The molecule has 0 aliphatic carbocycles. The Morgan fingerprint density at radius 1 is 1.09 bits per heavy atom. The molecule has 0 saturated carbocycles. The first-order valence-electron chi connectivity index (χ1n) is 8.25. The van der Waals surface area contributed by atoms with Crippen LogP contribution in [0.15, 0.2) is 36.5 Å². The van der Waals surface area contributed by atoms with Crippen LogP contribution in [0.25, 0.3) is 0 Å². The molecule has 22 heavy (non-hydrogen) atoms. The third-order valence-corrected chi connectivity index (χ3v) is 4.89. The largest absolute Gasteiger partial charge is 0.330 e. The van der Waals surface area contributed by atoms with Crippen molar-refractivity contribution >= 4 is 5.91 Å². The summed E-state index contributed by atoms with van der Waals surface area (Å²) in [5.74, 6) is 1.22. The van der Waals surface area contributed by atoms with Crippen molar-refractivity contribution in [3.05, 3.63) is 53.6 Å². The first-order chi connectivity index (χ1) is 10.8. The Labute approximate surface area is 130 Å². The van der Waals surface area contributed by atoms with E-state index in [0.29, 0.717) is 0 Å². The minimum atomic E-state index is 0.145. The molecule has 0 bridgehead atoms. The summed E-state index contributed by atoms with van der Waals surface area (Å²) < 4.78 is 2.13. The molecule has 1 unspecified atom stereocenters. The summed E-state index contributed by atoms with van der Waals surface area (Å²) in [5.41, 5.74) is 2.02. The fraction of sp³-hybridized carbons (Fsp3) is 0.444. The van der Waals surface area contributed by atoms with Gasteiger partial charge in [-0.1, -0.05) is 30.3 Å². The summed E-state index contributed by atoms with van der Waals surface area (Å²) in [5, 5.41) is 0. The van der Waals surface area contributed by atoms with Crippen LogP contribution in [0.5, 0.6) is 0 Å². The van der Waals surface area contributed by atoms with Crippen LogP contribution in [-0.2, 0) is 13.0 Å². The summed E-state index contributed by atoms with van der Waals surface area (Å²) in [4.78, 5) is 19.5. The SMILES string of the molecule is O=C(c1cnc2n1CCCC2)N1CCCC1c1ccccc1. The summed E-state index contributed by atoms with van der Waals surface area (Å²) in [6.45, 7) is 1.78. The molecule has 0 spiro atoms. The number of fused-ring (bicyclic) bond motifs is 1. The second kappa shape index (κ2) is 5.59. The van der Waals surface area contributed by atoms with E-state index in [4.69, 9.17) is 0 Å². The number of aromatic nitrogens is 2. The van der Waals surface area contributed by atoms with Crippen molar-refractivity contribution in [3.63, 3.8) is 0 Å². The highest BCUT2D eigenvalue weighted by atomic mass is 16.2. The lowest BCUT2D eigenvalue weighted by molar-refractivity contribution is 0.0723. The number of hydrogen-bond acceptors (Lipinski definition) is 2. The number of hydrogen-bond donors (Lipinski definition) is 0. The number of nitrogens with zero attached hydrogens (tertiary/aromatic N) is 3. The second-order valence-electron chi connectivity index (χ2n) is 6.24. The molecule has 2 aromatic rings. The number of likely N-dealkylation sites (tertiary alicyclic amines) is 1. The minimum absolute atomic E-state index is 0.145. The monoisotopic (exact) mass is 295 g/mol. The van der Waals surface area contributed by atoms with Crippen LogP contribution >= 0.6 is 0 Å². The maximum Gasteiger partial charge on any atom is 0.272 e. The summed E-state index contributed by atoms with van der Waals surface area (Å²) in [7, 11) is 0. The van der Waals surface area contributed by atoms with Gasteiger partial charge >= 0.3 is 0 Å². The summed E-state index contributed by atoms with van der Waals surface area (Å²) in [6.07, 6.45) is 7.23. The molecule has 2 aliphatic heterocycles. The van der Waals surface area contributed by atoms with Crippen LogP contribution in [-0.4, -0.2) is 26.9 Å². The lowest BCUT2D eigenvalue weighted by atomic mass is 10.0. The van der Waals surface area contributed by atoms with Crippen LogP contribution < -0.4 is 0 Å². The Bertz CT molecular complexity index is 677. The quantitative estimate of drug-likeness (QED) is 0.853. The molecule has 4 nitrogen and oxygen atoms in total. The fourth-order valence-electron chi connectivity index (χ4n) is 3.77.